The summed E-state index contributed by atoms with van der Waals surface area (Å²) in [6.45, 7) is 2.70. The molecule has 3 nitrogen and oxygen atoms in total. The molecule has 2 fully saturated rings. The Morgan fingerprint density at radius 1 is 1.10 bits per heavy atom. The third kappa shape index (κ3) is 2.73. The molecule has 3 rings (SSSR count). The summed E-state index contributed by atoms with van der Waals surface area (Å²) in [5.41, 5.74) is 1.32. The van der Waals surface area contributed by atoms with Crippen LogP contribution in [0.25, 0.3) is 0 Å². The van der Waals surface area contributed by atoms with Crippen LogP contribution in [-0.2, 0) is 4.79 Å². The van der Waals surface area contributed by atoms with E-state index in [2.05, 4.69) is 41.1 Å². The molecule has 3 heteroatoms. The number of likely N-dealkylation sites (N-methyl/N-ethyl adjacent to an activating group) is 1. The average molecular weight is 272 g/mol. The van der Waals surface area contributed by atoms with Crippen molar-refractivity contribution in [1.82, 2.24) is 9.80 Å². The van der Waals surface area contributed by atoms with Crippen LogP contribution in [0.5, 0.6) is 0 Å². The topological polar surface area (TPSA) is 23.6 Å². The largest absolute Gasteiger partial charge is 0.339 e. The number of carbonyl (C=O) groups is 1. The van der Waals surface area contributed by atoms with E-state index in [4.69, 9.17) is 0 Å². The van der Waals surface area contributed by atoms with Crippen molar-refractivity contribution in [3.63, 3.8) is 0 Å². The lowest BCUT2D eigenvalue weighted by molar-refractivity contribution is -0.138. The van der Waals surface area contributed by atoms with Crippen LogP contribution in [0.2, 0.25) is 0 Å². The molecule has 1 aliphatic heterocycles. The van der Waals surface area contributed by atoms with E-state index in [-0.39, 0.29) is 0 Å². The predicted molar refractivity (Wildman–Crippen MR) is 80.4 cm³/mol. The first-order valence-corrected chi connectivity index (χ1v) is 7.79. The van der Waals surface area contributed by atoms with E-state index in [1.54, 1.807) is 0 Å². The summed E-state index contributed by atoms with van der Waals surface area (Å²) in [4.78, 5) is 17.1. The fraction of sp³-hybridized carbons (Fsp3) is 0.588. The molecule has 1 saturated carbocycles. The zero-order valence-corrected chi connectivity index (χ0v) is 12.3. The van der Waals surface area contributed by atoms with Crippen LogP contribution in [0, 0.1) is 5.92 Å². The molecule has 0 bridgehead atoms. The molecule has 0 aromatic heterocycles. The molecular formula is C17H24N2O. The number of hydrogen-bond donors (Lipinski definition) is 0. The lowest BCUT2D eigenvalue weighted by Gasteiger charge is -2.40. The number of amides is 1. The number of nitrogens with zero attached hydrogens (tertiary/aromatic N) is 2. The SMILES string of the molecule is CN1CCN(C(=O)C2CCCC2)CC1c1ccccc1. The highest BCUT2D eigenvalue weighted by atomic mass is 16.2. The highest BCUT2D eigenvalue weighted by molar-refractivity contribution is 5.79. The van der Waals surface area contributed by atoms with Crippen LogP contribution in [0.1, 0.15) is 37.3 Å². The maximum atomic E-state index is 12.6. The normalized spacial score (nSPS) is 25.1. The molecule has 1 atom stereocenters. The summed E-state index contributed by atoms with van der Waals surface area (Å²) in [5, 5.41) is 0. The van der Waals surface area contributed by atoms with Crippen LogP contribution in [0.4, 0.5) is 0 Å². The van der Waals surface area contributed by atoms with E-state index in [0.29, 0.717) is 17.9 Å². The molecule has 20 heavy (non-hydrogen) atoms. The first kappa shape index (κ1) is 13.6. The Morgan fingerprint density at radius 2 is 1.80 bits per heavy atom. The number of piperazine rings is 1. The summed E-state index contributed by atoms with van der Waals surface area (Å²) in [5.74, 6) is 0.700. The minimum Gasteiger partial charge on any atom is -0.339 e. The zero-order valence-electron chi connectivity index (χ0n) is 12.3. The zero-order chi connectivity index (χ0) is 13.9. The Bertz CT molecular complexity index is 453. The second-order valence-electron chi connectivity index (χ2n) is 6.17. The summed E-state index contributed by atoms with van der Waals surface area (Å²) < 4.78 is 0. The Hall–Kier alpha value is -1.35. The van der Waals surface area contributed by atoms with Crippen molar-refractivity contribution < 1.29 is 4.79 Å². The van der Waals surface area contributed by atoms with Crippen LogP contribution in [0.15, 0.2) is 30.3 Å². The van der Waals surface area contributed by atoms with Gasteiger partial charge in [0.2, 0.25) is 5.91 Å². The molecule has 0 spiro atoms. The molecular weight excluding hydrogens is 248 g/mol. The van der Waals surface area contributed by atoms with Gasteiger partial charge in [-0.2, -0.15) is 0 Å². The second kappa shape index (κ2) is 5.96. The van der Waals surface area contributed by atoms with Gasteiger partial charge < -0.3 is 4.90 Å². The van der Waals surface area contributed by atoms with Gasteiger partial charge in [-0.1, -0.05) is 43.2 Å². The predicted octanol–water partition coefficient (Wildman–Crippen LogP) is 2.69. The van der Waals surface area contributed by atoms with Crippen molar-refractivity contribution >= 4 is 5.91 Å². The molecule has 1 unspecified atom stereocenters. The smallest absolute Gasteiger partial charge is 0.225 e. The summed E-state index contributed by atoms with van der Waals surface area (Å²) in [7, 11) is 2.16. The highest BCUT2D eigenvalue weighted by Gasteiger charge is 2.32. The number of hydrogen-bond acceptors (Lipinski definition) is 2. The summed E-state index contributed by atoms with van der Waals surface area (Å²) in [6.07, 6.45) is 4.65. The van der Waals surface area contributed by atoms with Crippen molar-refractivity contribution in [3.8, 4) is 0 Å². The Labute approximate surface area is 121 Å². The molecule has 1 heterocycles. The third-order valence-electron chi connectivity index (χ3n) is 4.85. The van der Waals surface area contributed by atoms with E-state index in [9.17, 15) is 4.79 Å². The Balaban J connectivity index is 1.71. The minimum atomic E-state index is 0.301. The van der Waals surface area contributed by atoms with Gasteiger partial charge in [-0.05, 0) is 25.5 Å². The van der Waals surface area contributed by atoms with Crippen LogP contribution < -0.4 is 0 Å². The fourth-order valence-corrected chi connectivity index (χ4v) is 3.54. The number of benzene rings is 1. The quantitative estimate of drug-likeness (QED) is 0.826. The summed E-state index contributed by atoms with van der Waals surface area (Å²) >= 11 is 0. The standard InChI is InChI=1S/C17H24N2O/c1-18-11-12-19(17(20)15-9-5-6-10-15)13-16(18)14-7-3-2-4-8-14/h2-4,7-8,15-16H,5-6,9-13H2,1H3. The van der Waals surface area contributed by atoms with Gasteiger partial charge in [-0.3, -0.25) is 9.69 Å². The van der Waals surface area contributed by atoms with Gasteiger partial charge in [0.1, 0.15) is 0 Å². The first-order valence-electron chi connectivity index (χ1n) is 7.79. The van der Waals surface area contributed by atoms with Crippen molar-refractivity contribution in [3.05, 3.63) is 35.9 Å². The molecule has 1 aliphatic carbocycles. The van der Waals surface area contributed by atoms with Crippen molar-refractivity contribution in [2.24, 2.45) is 5.92 Å². The van der Waals surface area contributed by atoms with Crippen molar-refractivity contribution in [2.75, 3.05) is 26.7 Å². The Kier molecular flexibility index (Phi) is 4.06. The average Bonchev–Trinajstić information content (AvgIpc) is 3.02. The van der Waals surface area contributed by atoms with Gasteiger partial charge in [0.25, 0.3) is 0 Å². The van der Waals surface area contributed by atoms with Crippen molar-refractivity contribution in [1.29, 1.82) is 0 Å². The van der Waals surface area contributed by atoms with Gasteiger partial charge in [0, 0.05) is 25.6 Å². The highest BCUT2D eigenvalue weighted by Crippen LogP contribution is 2.29. The van der Waals surface area contributed by atoms with E-state index in [1.807, 2.05) is 6.07 Å². The van der Waals surface area contributed by atoms with Crippen LogP contribution in [0.3, 0.4) is 0 Å². The van der Waals surface area contributed by atoms with Gasteiger partial charge in [0.15, 0.2) is 0 Å². The maximum Gasteiger partial charge on any atom is 0.225 e. The number of carbonyl (C=O) groups excluding carboxylic acids is 1. The van der Waals surface area contributed by atoms with E-state index < -0.39 is 0 Å². The molecule has 0 radical (unpaired) electrons. The van der Waals surface area contributed by atoms with Crippen LogP contribution in [-0.4, -0.2) is 42.4 Å². The van der Waals surface area contributed by atoms with Crippen LogP contribution >= 0.6 is 0 Å². The van der Waals surface area contributed by atoms with Gasteiger partial charge >= 0.3 is 0 Å². The van der Waals surface area contributed by atoms with E-state index >= 15 is 0 Å². The lowest BCUT2D eigenvalue weighted by atomic mass is 10.0. The van der Waals surface area contributed by atoms with E-state index in [0.717, 1.165) is 32.5 Å². The molecule has 1 saturated heterocycles. The van der Waals surface area contributed by atoms with Crippen molar-refractivity contribution in [2.45, 2.75) is 31.7 Å². The van der Waals surface area contributed by atoms with Gasteiger partial charge in [-0.25, -0.2) is 0 Å². The molecule has 1 aromatic rings. The molecule has 0 N–H and O–H groups in total. The first-order chi connectivity index (χ1) is 9.75. The van der Waals surface area contributed by atoms with E-state index in [1.165, 1.54) is 18.4 Å². The molecule has 2 aliphatic rings. The second-order valence-corrected chi connectivity index (χ2v) is 6.17. The molecule has 1 amide bonds. The number of rotatable bonds is 2. The third-order valence-corrected chi connectivity index (χ3v) is 4.85. The minimum absolute atomic E-state index is 0.301. The van der Waals surface area contributed by atoms with Gasteiger partial charge in [0.05, 0.1) is 6.04 Å². The Morgan fingerprint density at radius 3 is 2.50 bits per heavy atom. The summed E-state index contributed by atoms with van der Waals surface area (Å²) in [6, 6.07) is 10.9. The fourth-order valence-electron chi connectivity index (χ4n) is 3.54. The lowest BCUT2D eigenvalue weighted by Crippen LogP contribution is -2.50. The maximum absolute atomic E-state index is 12.6. The molecule has 1 aromatic carbocycles. The molecule has 108 valence electrons. The monoisotopic (exact) mass is 272 g/mol. The van der Waals surface area contributed by atoms with Gasteiger partial charge in [-0.15, -0.1) is 0 Å².